The van der Waals surface area contributed by atoms with E-state index in [4.69, 9.17) is 14.6 Å². The highest BCUT2D eigenvalue weighted by Crippen LogP contribution is 2.25. The average molecular weight is 491 g/mol. The second kappa shape index (κ2) is 11.6. The maximum atomic E-state index is 12.3. The molecule has 0 radical (unpaired) electrons. The molecular formula is C19H20F3N3O7S. The van der Waals surface area contributed by atoms with Gasteiger partial charge in [0.1, 0.15) is 11.9 Å². The van der Waals surface area contributed by atoms with Gasteiger partial charge in [-0.05, 0) is 30.2 Å². The Balaban J connectivity index is 0.000000479. The molecule has 1 aliphatic rings. The molecule has 180 valence electrons. The van der Waals surface area contributed by atoms with Crippen molar-refractivity contribution >= 4 is 29.2 Å². The standard InChI is InChI=1S/C17H19N3O5S.C2HF3O2/c21-12(15(17(23)24)25-11-2-1-4-18-8-11)9-20-16(22)14-6-10-7-19-5-3-13(10)26-14;3-2(4,5)1(6)7/h1-2,4,6,8,12,15,19,21H,3,5,7,9H2,(H,20,22)(H,23,24);(H,6,7). The monoisotopic (exact) mass is 491 g/mol. The molecule has 2 unspecified atom stereocenters. The number of amides is 1. The summed E-state index contributed by atoms with van der Waals surface area (Å²) < 4.78 is 37.0. The zero-order chi connectivity index (χ0) is 24.6. The third kappa shape index (κ3) is 8.00. The Morgan fingerprint density at radius 3 is 2.55 bits per heavy atom. The molecule has 10 nitrogen and oxygen atoms in total. The number of carboxylic acid groups (broad SMARTS) is 2. The fourth-order valence-corrected chi connectivity index (χ4v) is 3.71. The van der Waals surface area contributed by atoms with Gasteiger partial charge in [0, 0.05) is 30.7 Å². The second-order valence-electron chi connectivity index (χ2n) is 6.63. The number of fused-ring (bicyclic) bond motifs is 1. The number of hydrogen-bond acceptors (Lipinski definition) is 8. The van der Waals surface area contributed by atoms with E-state index in [2.05, 4.69) is 15.6 Å². The van der Waals surface area contributed by atoms with Crippen LogP contribution in [-0.2, 0) is 22.6 Å². The number of rotatable bonds is 7. The molecule has 0 spiro atoms. The molecule has 0 saturated carbocycles. The smallest absolute Gasteiger partial charge is 0.478 e. The molecule has 14 heteroatoms. The highest BCUT2D eigenvalue weighted by atomic mass is 32.1. The van der Waals surface area contributed by atoms with E-state index < -0.39 is 30.3 Å². The molecule has 3 rings (SSSR count). The van der Waals surface area contributed by atoms with Gasteiger partial charge in [0.2, 0.25) is 6.10 Å². The summed E-state index contributed by atoms with van der Waals surface area (Å²) in [6, 6.07) is 4.96. The number of aromatic nitrogens is 1. The summed E-state index contributed by atoms with van der Waals surface area (Å²) in [7, 11) is 0. The number of carbonyl (C=O) groups excluding carboxylic acids is 1. The van der Waals surface area contributed by atoms with Crippen LogP contribution in [0.5, 0.6) is 5.75 Å². The number of nitrogens with one attached hydrogen (secondary N) is 2. The Kier molecular flexibility index (Phi) is 9.13. The molecule has 1 amide bonds. The van der Waals surface area contributed by atoms with Gasteiger partial charge in [-0.2, -0.15) is 13.2 Å². The molecular weight excluding hydrogens is 471 g/mol. The number of alkyl halides is 3. The SMILES string of the molecule is O=C(NCC(O)C(Oc1cccnc1)C(=O)O)c1cc2c(s1)CCNC2.O=C(O)C(F)(F)F. The Hall–Kier alpha value is -3.23. The molecule has 5 N–H and O–H groups in total. The normalized spacial score (nSPS) is 14.7. The largest absolute Gasteiger partial charge is 0.490 e. The Labute approximate surface area is 189 Å². The van der Waals surface area contributed by atoms with Gasteiger partial charge in [0.15, 0.2) is 0 Å². The van der Waals surface area contributed by atoms with Crippen LogP contribution in [0.1, 0.15) is 20.1 Å². The van der Waals surface area contributed by atoms with Crippen molar-refractivity contribution in [3.8, 4) is 5.75 Å². The van der Waals surface area contributed by atoms with Crippen LogP contribution >= 0.6 is 11.3 Å². The average Bonchev–Trinajstić information content (AvgIpc) is 3.20. The highest BCUT2D eigenvalue weighted by molar-refractivity contribution is 7.14. The first-order chi connectivity index (χ1) is 15.5. The lowest BCUT2D eigenvalue weighted by Gasteiger charge is -2.20. The first-order valence-corrected chi connectivity index (χ1v) is 10.2. The topological polar surface area (TPSA) is 158 Å². The van der Waals surface area contributed by atoms with Crippen molar-refractivity contribution in [2.24, 2.45) is 0 Å². The molecule has 2 atom stereocenters. The van der Waals surface area contributed by atoms with Crippen molar-refractivity contribution in [3.63, 3.8) is 0 Å². The van der Waals surface area contributed by atoms with Gasteiger partial charge in [-0.15, -0.1) is 11.3 Å². The quantitative estimate of drug-likeness (QED) is 0.382. The number of halogens is 3. The second-order valence-corrected chi connectivity index (χ2v) is 7.77. The minimum atomic E-state index is -5.08. The van der Waals surface area contributed by atoms with E-state index >= 15 is 0 Å². The summed E-state index contributed by atoms with van der Waals surface area (Å²) in [5.41, 5.74) is 1.11. The van der Waals surface area contributed by atoms with Crippen molar-refractivity contribution < 1.29 is 47.6 Å². The van der Waals surface area contributed by atoms with Crippen LogP contribution in [0, 0.1) is 0 Å². The maximum Gasteiger partial charge on any atom is 0.490 e. The number of aliphatic carboxylic acids is 2. The third-order valence-electron chi connectivity index (χ3n) is 4.17. The van der Waals surface area contributed by atoms with E-state index in [-0.39, 0.29) is 18.2 Å². The molecule has 3 heterocycles. The highest BCUT2D eigenvalue weighted by Gasteiger charge is 2.38. The van der Waals surface area contributed by atoms with Crippen molar-refractivity contribution in [1.29, 1.82) is 0 Å². The molecule has 0 fully saturated rings. The molecule has 1 aliphatic heterocycles. The number of ether oxygens (including phenoxy) is 1. The summed E-state index contributed by atoms with van der Waals surface area (Å²) >= 11 is 1.42. The summed E-state index contributed by atoms with van der Waals surface area (Å²) in [5.74, 6) is -4.20. The zero-order valence-corrected chi connectivity index (χ0v) is 17.7. The first-order valence-electron chi connectivity index (χ1n) is 9.37. The number of thiophene rings is 1. The Bertz CT molecular complexity index is 946. The molecule has 0 saturated heterocycles. The van der Waals surface area contributed by atoms with Crippen LogP contribution in [0.4, 0.5) is 13.2 Å². The number of carboxylic acids is 2. The van der Waals surface area contributed by atoms with Crippen molar-refractivity contribution in [3.05, 3.63) is 45.9 Å². The number of aliphatic hydroxyl groups excluding tert-OH is 1. The Morgan fingerprint density at radius 1 is 1.30 bits per heavy atom. The van der Waals surface area contributed by atoms with Crippen LogP contribution in [-0.4, -0.2) is 69.6 Å². The van der Waals surface area contributed by atoms with Gasteiger partial charge in [0.25, 0.3) is 5.91 Å². The van der Waals surface area contributed by atoms with Gasteiger partial charge >= 0.3 is 18.1 Å². The van der Waals surface area contributed by atoms with E-state index in [1.165, 1.54) is 28.6 Å². The van der Waals surface area contributed by atoms with Gasteiger partial charge in [-0.1, -0.05) is 0 Å². The molecule has 0 bridgehead atoms. The van der Waals surface area contributed by atoms with E-state index in [1.807, 2.05) is 6.07 Å². The van der Waals surface area contributed by atoms with Gasteiger partial charge in [-0.25, -0.2) is 9.59 Å². The number of pyridine rings is 1. The number of hydrogen-bond donors (Lipinski definition) is 5. The molecule has 33 heavy (non-hydrogen) atoms. The molecule has 2 aromatic heterocycles. The zero-order valence-electron chi connectivity index (χ0n) is 16.8. The van der Waals surface area contributed by atoms with Crippen LogP contribution in [0.15, 0.2) is 30.6 Å². The predicted octanol–water partition coefficient (Wildman–Crippen LogP) is 1.04. The summed E-state index contributed by atoms with van der Waals surface area (Å²) in [5, 5.41) is 32.4. The van der Waals surface area contributed by atoms with Crippen LogP contribution < -0.4 is 15.4 Å². The van der Waals surface area contributed by atoms with Gasteiger partial charge in [0.05, 0.1) is 11.1 Å². The van der Waals surface area contributed by atoms with Crippen LogP contribution in [0.3, 0.4) is 0 Å². The van der Waals surface area contributed by atoms with E-state index in [9.17, 15) is 33.0 Å². The predicted molar refractivity (Wildman–Crippen MR) is 108 cm³/mol. The first kappa shape index (κ1) is 26.0. The minimum Gasteiger partial charge on any atom is -0.478 e. The lowest BCUT2D eigenvalue weighted by molar-refractivity contribution is -0.192. The van der Waals surface area contributed by atoms with Crippen LogP contribution in [0.25, 0.3) is 0 Å². The van der Waals surface area contributed by atoms with E-state index in [0.717, 1.165) is 25.1 Å². The fourth-order valence-electron chi connectivity index (χ4n) is 2.61. The summed E-state index contributed by atoms with van der Waals surface area (Å²) in [4.78, 5) is 38.1. The fraction of sp³-hybridized carbons (Fsp3) is 0.368. The van der Waals surface area contributed by atoms with Crippen molar-refractivity contribution in [2.75, 3.05) is 13.1 Å². The van der Waals surface area contributed by atoms with E-state index in [0.29, 0.717) is 4.88 Å². The van der Waals surface area contributed by atoms with Gasteiger partial charge < -0.3 is 30.7 Å². The summed E-state index contributed by atoms with van der Waals surface area (Å²) in [6.45, 7) is 1.39. The minimum absolute atomic E-state index is 0.226. The van der Waals surface area contributed by atoms with Crippen molar-refractivity contribution in [2.45, 2.75) is 31.3 Å². The number of aliphatic hydroxyl groups is 1. The van der Waals surface area contributed by atoms with Gasteiger partial charge in [-0.3, -0.25) is 9.78 Å². The molecule has 0 aromatic carbocycles. The van der Waals surface area contributed by atoms with Crippen molar-refractivity contribution in [1.82, 2.24) is 15.6 Å². The molecule has 2 aromatic rings. The Morgan fingerprint density at radius 2 is 2.00 bits per heavy atom. The van der Waals surface area contributed by atoms with Crippen LogP contribution in [0.2, 0.25) is 0 Å². The number of nitrogens with zero attached hydrogens (tertiary/aromatic N) is 1. The maximum absolute atomic E-state index is 12.3. The van der Waals surface area contributed by atoms with E-state index in [1.54, 1.807) is 12.1 Å². The molecule has 0 aliphatic carbocycles. The lowest BCUT2D eigenvalue weighted by Crippen LogP contribution is -2.45. The number of carbonyl (C=O) groups is 3. The summed E-state index contributed by atoms with van der Waals surface area (Å²) in [6.07, 6.45) is -4.25. The third-order valence-corrected chi connectivity index (χ3v) is 5.41. The lowest BCUT2D eigenvalue weighted by atomic mass is 10.1.